The van der Waals surface area contributed by atoms with E-state index in [0.29, 0.717) is 19.6 Å². The van der Waals surface area contributed by atoms with Crippen molar-refractivity contribution in [3.8, 4) is 22.4 Å². The van der Waals surface area contributed by atoms with Gasteiger partial charge >= 0.3 is 6.47 Å². The van der Waals surface area contributed by atoms with Crippen molar-refractivity contribution in [2.75, 3.05) is 25.0 Å². The van der Waals surface area contributed by atoms with Gasteiger partial charge in [0.05, 0.1) is 25.0 Å². The number of piperazine rings is 1. The SMILES string of the molecule is O=CON1CCN(Cc2cccc(-c3ccn4c(-c5cccc(Nc6nncs6)c5)cnc4c3)c2)CC1=O. The number of rotatable bonds is 8. The predicted molar refractivity (Wildman–Crippen MR) is 143 cm³/mol. The highest BCUT2D eigenvalue weighted by molar-refractivity contribution is 7.13. The molecule has 0 radical (unpaired) electrons. The first-order chi connectivity index (χ1) is 18.7. The maximum Gasteiger partial charge on any atom is 0.320 e. The number of fused-ring (bicyclic) bond motifs is 1. The molecule has 0 atom stereocenters. The minimum atomic E-state index is -0.221. The van der Waals surface area contributed by atoms with Crippen LogP contribution in [-0.2, 0) is 21.0 Å². The first-order valence-corrected chi connectivity index (χ1v) is 12.9. The minimum absolute atomic E-state index is 0.207. The molecule has 1 saturated heterocycles. The number of pyridine rings is 1. The molecular formula is C27H23N7O3S. The van der Waals surface area contributed by atoms with Crippen molar-refractivity contribution in [3.63, 3.8) is 0 Å². The minimum Gasteiger partial charge on any atom is -0.341 e. The Labute approximate surface area is 222 Å². The van der Waals surface area contributed by atoms with E-state index in [1.807, 2.05) is 35.5 Å². The van der Waals surface area contributed by atoms with Crippen molar-refractivity contribution in [1.29, 1.82) is 0 Å². The van der Waals surface area contributed by atoms with Crippen LogP contribution in [0.5, 0.6) is 0 Å². The molecule has 1 fully saturated rings. The van der Waals surface area contributed by atoms with Crippen molar-refractivity contribution < 1.29 is 14.4 Å². The fourth-order valence-electron chi connectivity index (χ4n) is 4.59. The normalized spacial score (nSPS) is 14.1. The molecule has 5 aromatic rings. The first kappa shape index (κ1) is 23.8. The number of carbonyl (C=O) groups excluding carboxylic acids is 2. The Kier molecular flexibility index (Phi) is 6.51. The topological polar surface area (TPSA) is 105 Å². The van der Waals surface area contributed by atoms with Crippen LogP contribution < -0.4 is 5.32 Å². The standard InChI is InChI=1S/C27H23N7O3S/c35-18-37-34-10-9-32(16-26(34)36)15-19-3-1-4-20(11-19)21-7-8-33-24(14-28-25(33)13-21)22-5-2-6-23(12-22)30-27-31-29-17-38-27/h1-8,11-14,17-18H,9-10,15-16H2,(H,30,31). The van der Waals surface area contributed by atoms with Gasteiger partial charge in [-0.05, 0) is 47.0 Å². The second-order valence-corrected chi connectivity index (χ2v) is 9.68. The quantitative estimate of drug-likeness (QED) is 0.303. The van der Waals surface area contributed by atoms with Crippen LogP contribution in [0.1, 0.15) is 5.56 Å². The molecule has 0 bridgehead atoms. The van der Waals surface area contributed by atoms with Gasteiger partial charge in [-0.1, -0.05) is 41.7 Å². The summed E-state index contributed by atoms with van der Waals surface area (Å²) in [6.07, 6.45) is 3.92. The summed E-state index contributed by atoms with van der Waals surface area (Å²) in [6.45, 7) is 2.11. The number of amides is 1. The van der Waals surface area contributed by atoms with Gasteiger partial charge in [-0.3, -0.25) is 18.9 Å². The smallest absolute Gasteiger partial charge is 0.320 e. The third kappa shape index (κ3) is 4.97. The van der Waals surface area contributed by atoms with Gasteiger partial charge < -0.3 is 10.2 Å². The molecular weight excluding hydrogens is 502 g/mol. The molecule has 1 aliphatic rings. The van der Waals surface area contributed by atoms with Gasteiger partial charge in [-0.15, -0.1) is 10.2 Å². The van der Waals surface area contributed by atoms with E-state index in [1.54, 1.807) is 5.51 Å². The van der Waals surface area contributed by atoms with E-state index < -0.39 is 0 Å². The van der Waals surface area contributed by atoms with E-state index in [1.165, 1.54) is 11.3 Å². The second-order valence-electron chi connectivity index (χ2n) is 8.85. The summed E-state index contributed by atoms with van der Waals surface area (Å²) in [5.74, 6) is -0.221. The summed E-state index contributed by atoms with van der Waals surface area (Å²) in [5, 5.41) is 13.1. The van der Waals surface area contributed by atoms with Crippen molar-refractivity contribution >= 4 is 40.2 Å². The highest BCUT2D eigenvalue weighted by Gasteiger charge is 2.25. The van der Waals surface area contributed by atoms with Crippen LogP contribution in [-0.4, -0.2) is 61.6 Å². The molecule has 2 aromatic carbocycles. The zero-order valence-corrected chi connectivity index (χ0v) is 21.0. The fraction of sp³-hybridized carbons (Fsp3) is 0.148. The molecule has 3 aromatic heterocycles. The highest BCUT2D eigenvalue weighted by Crippen LogP contribution is 2.28. The van der Waals surface area contributed by atoms with Crippen LogP contribution in [0.15, 0.2) is 78.6 Å². The van der Waals surface area contributed by atoms with Crippen LogP contribution in [0.25, 0.3) is 28.0 Å². The molecule has 0 unspecified atom stereocenters. The van der Waals surface area contributed by atoms with Gasteiger partial charge in [0, 0.05) is 30.5 Å². The maximum atomic E-state index is 12.2. The van der Waals surface area contributed by atoms with Crippen LogP contribution in [0.2, 0.25) is 0 Å². The summed E-state index contributed by atoms with van der Waals surface area (Å²) in [4.78, 5) is 34.2. The Morgan fingerprint density at radius 2 is 1.89 bits per heavy atom. The molecule has 0 saturated carbocycles. The molecule has 38 heavy (non-hydrogen) atoms. The average molecular weight is 526 g/mol. The summed E-state index contributed by atoms with van der Waals surface area (Å²) < 4.78 is 2.07. The van der Waals surface area contributed by atoms with Crippen LogP contribution >= 0.6 is 11.3 Å². The number of anilines is 2. The molecule has 1 N–H and O–H groups in total. The molecule has 0 aliphatic carbocycles. The largest absolute Gasteiger partial charge is 0.341 e. The molecule has 1 amide bonds. The number of hydrogen-bond acceptors (Lipinski definition) is 9. The van der Waals surface area contributed by atoms with E-state index >= 15 is 0 Å². The Morgan fingerprint density at radius 1 is 1.03 bits per heavy atom. The van der Waals surface area contributed by atoms with E-state index in [0.717, 1.165) is 49.5 Å². The summed E-state index contributed by atoms with van der Waals surface area (Å²) in [5.41, 5.74) is 8.74. The van der Waals surface area contributed by atoms with E-state index in [4.69, 9.17) is 4.84 Å². The van der Waals surface area contributed by atoms with Gasteiger partial charge in [-0.2, -0.15) is 5.06 Å². The van der Waals surface area contributed by atoms with Crippen LogP contribution in [0, 0.1) is 0 Å². The third-order valence-electron chi connectivity index (χ3n) is 6.38. The summed E-state index contributed by atoms with van der Waals surface area (Å²) in [6, 6.07) is 20.6. The number of hydroxylamine groups is 2. The van der Waals surface area contributed by atoms with Gasteiger partial charge in [0.15, 0.2) is 0 Å². The zero-order valence-electron chi connectivity index (χ0n) is 20.2. The number of aromatic nitrogens is 4. The molecule has 1 aliphatic heterocycles. The van der Waals surface area contributed by atoms with Crippen molar-refractivity contribution in [2.45, 2.75) is 6.54 Å². The molecule has 11 heteroatoms. The van der Waals surface area contributed by atoms with Gasteiger partial charge in [0.2, 0.25) is 5.13 Å². The molecule has 10 nitrogen and oxygen atoms in total. The third-order valence-corrected chi connectivity index (χ3v) is 6.98. The highest BCUT2D eigenvalue weighted by atomic mass is 32.1. The zero-order chi connectivity index (χ0) is 25.9. The number of hydrogen-bond donors (Lipinski definition) is 1. The number of benzene rings is 2. The van der Waals surface area contributed by atoms with Gasteiger partial charge in [0.1, 0.15) is 11.2 Å². The van der Waals surface area contributed by atoms with Gasteiger partial charge in [-0.25, -0.2) is 4.98 Å². The monoisotopic (exact) mass is 525 g/mol. The number of nitrogens with zero attached hydrogens (tertiary/aromatic N) is 6. The Hall–Kier alpha value is -4.61. The van der Waals surface area contributed by atoms with Crippen LogP contribution in [0.3, 0.4) is 0 Å². The molecule has 190 valence electrons. The molecule has 6 rings (SSSR count). The average Bonchev–Trinajstić information content (AvgIpc) is 3.60. The van der Waals surface area contributed by atoms with Gasteiger partial charge in [0.25, 0.3) is 5.91 Å². The number of nitrogens with one attached hydrogen (secondary N) is 1. The second kappa shape index (κ2) is 10.4. The lowest BCUT2D eigenvalue weighted by Gasteiger charge is -2.31. The number of carbonyl (C=O) groups is 2. The Morgan fingerprint density at radius 3 is 2.74 bits per heavy atom. The lowest BCUT2D eigenvalue weighted by atomic mass is 10.0. The summed E-state index contributed by atoms with van der Waals surface area (Å²) in [7, 11) is 0. The van der Waals surface area contributed by atoms with Crippen molar-refractivity contribution in [2.24, 2.45) is 0 Å². The maximum absolute atomic E-state index is 12.2. The van der Waals surface area contributed by atoms with E-state index in [2.05, 4.69) is 67.4 Å². The van der Waals surface area contributed by atoms with Crippen molar-refractivity contribution in [1.82, 2.24) is 29.5 Å². The Balaban J connectivity index is 1.20. The number of imidazole rings is 1. The molecule has 4 heterocycles. The van der Waals surface area contributed by atoms with E-state index in [-0.39, 0.29) is 18.9 Å². The lowest BCUT2D eigenvalue weighted by molar-refractivity contribution is -0.193. The molecule has 0 spiro atoms. The lowest BCUT2D eigenvalue weighted by Crippen LogP contribution is -2.49. The van der Waals surface area contributed by atoms with Crippen LogP contribution in [0.4, 0.5) is 10.8 Å². The summed E-state index contributed by atoms with van der Waals surface area (Å²) >= 11 is 1.45. The first-order valence-electron chi connectivity index (χ1n) is 12.0. The fourth-order valence-corrected chi connectivity index (χ4v) is 5.06. The predicted octanol–water partition coefficient (Wildman–Crippen LogP) is 4.00. The Bertz CT molecular complexity index is 1600. The van der Waals surface area contributed by atoms with Crippen molar-refractivity contribution in [3.05, 3.63) is 84.1 Å². The van der Waals surface area contributed by atoms with E-state index in [9.17, 15) is 9.59 Å².